The standard InChI is InChI=1S/C21H25N5O/c1-16-8-11-26(15-23)10-3-4-19(12-16)25-21(27)6-5-18-14-24-9-7-20(18)17(2)13-22/h3-7,9-10,12-14,22H,2,8,11,15,23H2,1H3,(H,25,27)/b6-5+,10-3+,16-12?,19-4?,22-13?. The molecular formula is C21H25N5O. The molecule has 0 bridgehead atoms. The monoisotopic (exact) mass is 363 g/mol. The van der Waals surface area contributed by atoms with Gasteiger partial charge in [0, 0.05) is 48.7 Å². The van der Waals surface area contributed by atoms with Gasteiger partial charge in [0.25, 0.3) is 0 Å². The van der Waals surface area contributed by atoms with Gasteiger partial charge in [0.05, 0.1) is 6.67 Å². The van der Waals surface area contributed by atoms with E-state index in [-0.39, 0.29) is 5.91 Å². The molecule has 0 atom stereocenters. The van der Waals surface area contributed by atoms with Crippen molar-refractivity contribution in [1.82, 2.24) is 15.2 Å². The topological polar surface area (TPSA) is 95.1 Å². The van der Waals surface area contributed by atoms with Crippen LogP contribution in [-0.2, 0) is 4.79 Å². The van der Waals surface area contributed by atoms with Gasteiger partial charge in [-0.1, -0.05) is 12.2 Å². The number of hydrogen-bond donors (Lipinski definition) is 3. The predicted octanol–water partition coefficient (Wildman–Crippen LogP) is 2.84. The molecule has 1 aromatic rings. The summed E-state index contributed by atoms with van der Waals surface area (Å²) < 4.78 is 0. The first-order valence-corrected chi connectivity index (χ1v) is 8.66. The first-order valence-electron chi connectivity index (χ1n) is 8.66. The zero-order chi connectivity index (χ0) is 19.6. The van der Waals surface area contributed by atoms with E-state index in [2.05, 4.69) is 16.9 Å². The summed E-state index contributed by atoms with van der Waals surface area (Å²) in [5, 5.41) is 10.2. The molecule has 140 valence electrons. The molecule has 6 nitrogen and oxygen atoms in total. The summed E-state index contributed by atoms with van der Waals surface area (Å²) in [5.74, 6) is -0.246. The minimum absolute atomic E-state index is 0.246. The van der Waals surface area contributed by atoms with Crippen LogP contribution in [0.3, 0.4) is 0 Å². The van der Waals surface area contributed by atoms with E-state index in [9.17, 15) is 4.79 Å². The van der Waals surface area contributed by atoms with Gasteiger partial charge in [0.15, 0.2) is 0 Å². The molecule has 0 unspecified atom stereocenters. The van der Waals surface area contributed by atoms with Gasteiger partial charge in [-0.05, 0) is 54.9 Å². The minimum Gasteiger partial charge on any atom is -0.365 e. The molecule has 0 saturated heterocycles. The van der Waals surface area contributed by atoms with Crippen LogP contribution in [0, 0.1) is 5.41 Å². The van der Waals surface area contributed by atoms with Gasteiger partial charge in [-0.25, -0.2) is 0 Å². The normalized spacial score (nSPS) is 15.9. The lowest BCUT2D eigenvalue weighted by Crippen LogP contribution is -2.25. The zero-order valence-corrected chi connectivity index (χ0v) is 15.5. The van der Waals surface area contributed by atoms with E-state index in [0.29, 0.717) is 17.9 Å². The number of carbonyl (C=O) groups is 1. The molecule has 27 heavy (non-hydrogen) atoms. The second-order valence-electron chi connectivity index (χ2n) is 6.15. The maximum absolute atomic E-state index is 12.3. The zero-order valence-electron chi connectivity index (χ0n) is 15.5. The SMILES string of the molecule is C=C(C=N)c1ccncc1/C=C/C(=O)NC1=C/C=C/N(CN)CCC(C)=C1. The number of nitrogens with one attached hydrogen (secondary N) is 2. The highest BCUT2D eigenvalue weighted by Crippen LogP contribution is 2.16. The van der Waals surface area contributed by atoms with Gasteiger partial charge in [-0.15, -0.1) is 0 Å². The number of carbonyl (C=O) groups excluding carboxylic acids is 1. The summed E-state index contributed by atoms with van der Waals surface area (Å²) in [4.78, 5) is 18.4. The van der Waals surface area contributed by atoms with E-state index in [1.165, 1.54) is 12.3 Å². The van der Waals surface area contributed by atoms with Crippen molar-refractivity contribution in [2.45, 2.75) is 13.3 Å². The number of nitrogens with zero attached hydrogens (tertiary/aromatic N) is 2. The van der Waals surface area contributed by atoms with E-state index < -0.39 is 0 Å². The summed E-state index contributed by atoms with van der Waals surface area (Å²) in [6.07, 6.45) is 16.0. The Morgan fingerprint density at radius 3 is 3.07 bits per heavy atom. The molecule has 1 amide bonds. The van der Waals surface area contributed by atoms with Crippen molar-refractivity contribution in [2.24, 2.45) is 5.73 Å². The quantitative estimate of drug-likeness (QED) is 0.535. The molecule has 0 saturated carbocycles. The predicted molar refractivity (Wildman–Crippen MR) is 111 cm³/mol. The maximum atomic E-state index is 12.3. The Hall–Kier alpha value is -3.25. The molecule has 0 aliphatic carbocycles. The Morgan fingerprint density at radius 1 is 1.52 bits per heavy atom. The number of pyridine rings is 1. The largest absolute Gasteiger partial charge is 0.365 e. The fourth-order valence-corrected chi connectivity index (χ4v) is 2.54. The van der Waals surface area contributed by atoms with Crippen molar-refractivity contribution in [2.75, 3.05) is 13.2 Å². The Kier molecular flexibility index (Phi) is 7.46. The lowest BCUT2D eigenvalue weighted by atomic mass is 10.0. The van der Waals surface area contributed by atoms with Crippen LogP contribution in [0.25, 0.3) is 11.6 Å². The molecule has 1 aliphatic heterocycles. The summed E-state index contributed by atoms with van der Waals surface area (Å²) in [6.45, 7) is 7.15. The molecule has 2 rings (SSSR count). The first-order chi connectivity index (χ1) is 13.0. The third-order valence-corrected chi connectivity index (χ3v) is 4.06. The summed E-state index contributed by atoms with van der Waals surface area (Å²) in [6, 6.07) is 1.77. The highest BCUT2D eigenvalue weighted by molar-refractivity contribution is 6.08. The molecule has 6 heteroatoms. The van der Waals surface area contributed by atoms with Gasteiger partial charge >= 0.3 is 0 Å². The van der Waals surface area contributed by atoms with E-state index in [1.54, 1.807) is 24.5 Å². The number of amides is 1. The first kappa shape index (κ1) is 20.1. The molecular weight excluding hydrogens is 338 g/mol. The van der Waals surface area contributed by atoms with Crippen LogP contribution >= 0.6 is 0 Å². The van der Waals surface area contributed by atoms with Crippen molar-refractivity contribution < 1.29 is 4.79 Å². The van der Waals surface area contributed by atoms with Gasteiger partial charge in [-0.2, -0.15) is 0 Å². The van der Waals surface area contributed by atoms with Crippen molar-refractivity contribution >= 4 is 23.8 Å². The summed E-state index contributed by atoms with van der Waals surface area (Å²) in [7, 11) is 0. The Balaban J connectivity index is 2.14. The van der Waals surface area contributed by atoms with Crippen molar-refractivity contribution in [3.8, 4) is 0 Å². The average molecular weight is 363 g/mol. The lowest BCUT2D eigenvalue weighted by Gasteiger charge is -2.17. The second-order valence-corrected chi connectivity index (χ2v) is 6.15. The number of aromatic nitrogens is 1. The van der Waals surface area contributed by atoms with Crippen LogP contribution < -0.4 is 11.1 Å². The van der Waals surface area contributed by atoms with Crippen LogP contribution in [0.5, 0.6) is 0 Å². The minimum atomic E-state index is -0.246. The Morgan fingerprint density at radius 2 is 2.33 bits per heavy atom. The molecule has 4 N–H and O–H groups in total. The van der Waals surface area contributed by atoms with Crippen molar-refractivity contribution in [3.63, 3.8) is 0 Å². The van der Waals surface area contributed by atoms with Crippen LogP contribution in [0.4, 0.5) is 0 Å². The maximum Gasteiger partial charge on any atom is 0.248 e. The van der Waals surface area contributed by atoms with Crippen LogP contribution in [0.2, 0.25) is 0 Å². The van der Waals surface area contributed by atoms with Crippen molar-refractivity contribution in [3.05, 3.63) is 77.9 Å². The third kappa shape index (κ3) is 6.20. The molecule has 1 aliphatic rings. The van der Waals surface area contributed by atoms with Gasteiger partial charge in [-0.3, -0.25) is 9.78 Å². The molecule has 0 spiro atoms. The lowest BCUT2D eigenvalue weighted by molar-refractivity contribution is -0.115. The fraction of sp³-hybridized carbons (Fsp3) is 0.190. The van der Waals surface area contributed by atoms with Gasteiger partial charge < -0.3 is 21.4 Å². The smallest absolute Gasteiger partial charge is 0.248 e. The van der Waals surface area contributed by atoms with Crippen LogP contribution in [0.1, 0.15) is 24.5 Å². The Labute approximate surface area is 160 Å². The summed E-state index contributed by atoms with van der Waals surface area (Å²) in [5.41, 5.74) is 9.64. The van der Waals surface area contributed by atoms with Gasteiger partial charge in [0.2, 0.25) is 5.91 Å². The molecule has 0 radical (unpaired) electrons. The molecule has 0 aromatic carbocycles. The number of allylic oxidation sites excluding steroid dienone is 4. The summed E-state index contributed by atoms with van der Waals surface area (Å²) >= 11 is 0. The molecule has 1 aromatic heterocycles. The van der Waals surface area contributed by atoms with E-state index in [1.807, 2.05) is 36.3 Å². The number of rotatable bonds is 6. The van der Waals surface area contributed by atoms with Crippen molar-refractivity contribution in [1.29, 1.82) is 5.41 Å². The molecule has 0 fully saturated rings. The third-order valence-electron chi connectivity index (χ3n) is 4.06. The molecule has 2 heterocycles. The average Bonchev–Trinajstić information content (AvgIpc) is 2.76. The van der Waals surface area contributed by atoms with Crippen LogP contribution in [-0.4, -0.2) is 35.2 Å². The fourth-order valence-electron chi connectivity index (χ4n) is 2.54. The van der Waals surface area contributed by atoms with E-state index in [4.69, 9.17) is 11.1 Å². The second kappa shape index (κ2) is 10.0. The van der Waals surface area contributed by atoms with Crippen LogP contribution in [0.15, 0.2) is 66.8 Å². The Bertz CT molecular complexity index is 833. The number of hydrogen-bond acceptors (Lipinski definition) is 5. The highest BCUT2D eigenvalue weighted by atomic mass is 16.1. The van der Waals surface area contributed by atoms with E-state index >= 15 is 0 Å². The van der Waals surface area contributed by atoms with Gasteiger partial charge in [0.1, 0.15) is 0 Å². The number of nitrogens with two attached hydrogens (primary N) is 1. The van der Waals surface area contributed by atoms with E-state index in [0.717, 1.165) is 29.7 Å². The highest BCUT2D eigenvalue weighted by Gasteiger charge is 2.05.